The predicted molar refractivity (Wildman–Crippen MR) is 65.8 cm³/mol. The Morgan fingerprint density at radius 1 is 1.62 bits per heavy atom. The number of carbonyl (C=O) groups excluding carboxylic acids is 1. The average molecular weight is 252 g/mol. The van der Waals surface area contributed by atoms with Crippen LogP contribution in [0.4, 0.5) is 0 Å². The number of amides is 1. The molecular weight excluding hydrogens is 230 g/mol. The Kier molecular flexibility index (Phi) is 7.66. The quantitative estimate of drug-likeness (QED) is 0.652. The molecule has 3 N–H and O–H groups in total. The highest BCUT2D eigenvalue weighted by Crippen LogP contribution is 2.15. The van der Waals surface area contributed by atoms with Crippen LogP contribution in [0.5, 0.6) is 0 Å². The molecule has 0 bridgehead atoms. The van der Waals surface area contributed by atoms with Crippen molar-refractivity contribution in [1.29, 1.82) is 0 Å². The first-order chi connectivity index (χ1) is 7.16. The second-order valence-electron chi connectivity index (χ2n) is 3.95. The fourth-order valence-corrected chi connectivity index (χ4v) is 1.79. The van der Waals surface area contributed by atoms with Crippen molar-refractivity contribution in [2.45, 2.75) is 25.4 Å². The number of likely N-dealkylation sites (tertiary alicyclic amines) is 1. The van der Waals surface area contributed by atoms with Crippen LogP contribution in [0.2, 0.25) is 0 Å². The van der Waals surface area contributed by atoms with Gasteiger partial charge in [0, 0.05) is 32.3 Å². The normalized spacial score (nSPS) is 24.3. The summed E-state index contributed by atoms with van der Waals surface area (Å²) in [6.07, 6.45) is 0.908. The summed E-state index contributed by atoms with van der Waals surface area (Å²) < 4.78 is 4.88. The summed E-state index contributed by atoms with van der Waals surface area (Å²) in [5.41, 5.74) is 5.85. The summed E-state index contributed by atoms with van der Waals surface area (Å²) in [4.78, 5) is 13.6. The zero-order valence-corrected chi connectivity index (χ0v) is 10.8. The number of methoxy groups -OCH3 is 1. The summed E-state index contributed by atoms with van der Waals surface area (Å²) in [6, 6.07) is 0.301. The third-order valence-electron chi connectivity index (χ3n) is 2.89. The number of carbonyl (C=O) groups is 1. The maximum absolute atomic E-state index is 11.7. The molecule has 1 aliphatic rings. The lowest BCUT2D eigenvalue weighted by atomic mass is 10.2. The molecule has 96 valence electrons. The van der Waals surface area contributed by atoms with Crippen LogP contribution in [0.15, 0.2) is 0 Å². The van der Waals surface area contributed by atoms with E-state index in [1.165, 1.54) is 0 Å². The molecule has 0 spiro atoms. The highest BCUT2D eigenvalue weighted by atomic mass is 35.5. The van der Waals surface area contributed by atoms with Gasteiger partial charge in [0.15, 0.2) is 0 Å². The Bertz CT molecular complexity index is 216. The number of nitrogens with one attached hydrogen (secondary N) is 1. The molecule has 5 nitrogen and oxygen atoms in total. The van der Waals surface area contributed by atoms with E-state index in [-0.39, 0.29) is 30.4 Å². The number of nitrogens with zero attached hydrogens (tertiary/aromatic N) is 1. The van der Waals surface area contributed by atoms with Crippen molar-refractivity contribution in [3.8, 4) is 0 Å². The molecule has 1 saturated heterocycles. The first kappa shape index (κ1) is 15.6. The molecule has 6 heteroatoms. The minimum absolute atomic E-state index is 0. The second kappa shape index (κ2) is 7.84. The fourth-order valence-electron chi connectivity index (χ4n) is 1.79. The van der Waals surface area contributed by atoms with Crippen LogP contribution in [0.3, 0.4) is 0 Å². The topological polar surface area (TPSA) is 67.6 Å². The molecule has 1 aliphatic heterocycles. The summed E-state index contributed by atoms with van der Waals surface area (Å²) in [5.74, 6) is 0.131. The van der Waals surface area contributed by atoms with E-state index in [2.05, 4.69) is 5.32 Å². The van der Waals surface area contributed by atoms with E-state index < -0.39 is 0 Å². The molecular formula is C10H22ClN3O2. The van der Waals surface area contributed by atoms with Crippen molar-refractivity contribution in [3.05, 3.63) is 0 Å². The first-order valence-corrected chi connectivity index (χ1v) is 5.41. The van der Waals surface area contributed by atoms with Crippen LogP contribution in [0.25, 0.3) is 0 Å². The van der Waals surface area contributed by atoms with E-state index in [4.69, 9.17) is 10.5 Å². The minimum atomic E-state index is 0. The summed E-state index contributed by atoms with van der Waals surface area (Å²) in [7, 11) is 1.64. The molecule has 0 saturated carbocycles. The highest BCUT2D eigenvalue weighted by Gasteiger charge is 2.30. The standard InChI is InChI=1S/C10H21N3O2.ClH/c1-8-9(11)3-5-13(8)10(14)7-12-4-6-15-2;/h8-9,12H,3-7,11H2,1-2H3;1H. The van der Waals surface area contributed by atoms with Crippen LogP contribution in [-0.2, 0) is 9.53 Å². The number of halogens is 1. The van der Waals surface area contributed by atoms with E-state index in [1.807, 2.05) is 11.8 Å². The first-order valence-electron chi connectivity index (χ1n) is 5.41. The average Bonchev–Trinajstić information content (AvgIpc) is 2.55. The zero-order valence-electron chi connectivity index (χ0n) is 9.94. The predicted octanol–water partition coefficient (Wildman–Crippen LogP) is -0.408. The summed E-state index contributed by atoms with van der Waals surface area (Å²) >= 11 is 0. The second-order valence-corrected chi connectivity index (χ2v) is 3.95. The van der Waals surface area contributed by atoms with Gasteiger partial charge >= 0.3 is 0 Å². The van der Waals surface area contributed by atoms with Gasteiger partial charge in [-0.15, -0.1) is 12.4 Å². The summed E-state index contributed by atoms with van der Waals surface area (Å²) in [6.45, 7) is 4.50. The Labute approximate surface area is 103 Å². The molecule has 1 rings (SSSR count). The molecule has 16 heavy (non-hydrogen) atoms. The number of ether oxygens (including phenoxy) is 1. The monoisotopic (exact) mass is 251 g/mol. The van der Waals surface area contributed by atoms with Crippen LogP contribution < -0.4 is 11.1 Å². The van der Waals surface area contributed by atoms with Crippen LogP contribution in [0.1, 0.15) is 13.3 Å². The molecule has 1 fully saturated rings. The molecule has 0 aromatic rings. The highest BCUT2D eigenvalue weighted by molar-refractivity contribution is 5.85. The van der Waals surface area contributed by atoms with Crippen molar-refractivity contribution in [2.75, 3.05) is 33.4 Å². The van der Waals surface area contributed by atoms with Gasteiger partial charge < -0.3 is 20.7 Å². The van der Waals surface area contributed by atoms with E-state index in [0.717, 1.165) is 13.0 Å². The number of rotatable bonds is 5. The molecule has 2 unspecified atom stereocenters. The van der Waals surface area contributed by atoms with Gasteiger partial charge in [-0.05, 0) is 13.3 Å². The maximum atomic E-state index is 11.7. The van der Waals surface area contributed by atoms with Gasteiger partial charge in [0.2, 0.25) is 5.91 Å². The zero-order chi connectivity index (χ0) is 11.3. The van der Waals surface area contributed by atoms with E-state index >= 15 is 0 Å². The number of hydrogen-bond acceptors (Lipinski definition) is 4. The van der Waals surface area contributed by atoms with Crippen molar-refractivity contribution >= 4 is 18.3 Å². The third kappa shape index (κ3) is 4.25. The van der Waals surface area contributed by atoms with E-state index in [9.17, 15) is 4.79 Å². The smallest absolute Gasteiger partial charge is 0.236 e. The van der Waals surface area contributed by atoms with E-state index in [1.54, 1.807) is 7.11 Å². The van der Waals surface area contributed by atoms with Gasteiger partial charge in [-0.25, -0.2) is 0 Å². The Morgan fingerprint density at radius 2 is 2.31 bits per heavy atom. The molecule has 2 atom stereocenters. The lowest BCUT2D eigenvalue weighted by Crippen LogP contribution is -2.44. The fraction of sp³-hybridized carbons (Fsp3) is 0.900. The van der Waals surface area contributed by atoms with Gasteiger partial charge in [0.1, 0.15) is 0 Å². The SMILES string of the molecule is COCCNCC(=O)N1CCC(N)C1C.Cl. The lowest BCUT2D eigenvalue weighted by molar-refractivity contribution is -0.130. The number of hydrogen-bond donors (Lipinski definition) is 2. The summed E-state index contributed by atoms with van der Waals surface area (Å²) in [5, 5.41) is 3.04. The Hall–Kier alpha value is -0.360. The molecule has 1 amide bonds. The largest absolute Gasteiger partial charge is 0.383 e. The minimum Gasteiger partial charge on any atom is -0.383 e. The van der Waals surface area contributed by atoms with Gasteiger partial charge in [-0.3, -0.25) is 4.79 Å². The van der Waals surface area contributed by atoms with E-state index in [0.29, 0.717) is 19.7 Å². The van der Waals surface area contributed by atoms with Crippen LogP contribution in [0, 0.1) is 0 Å². The lowest BCUT2D eigenvalue weighted by Gasteiger charge is -2.23. The van der Waals surface area contributed by atoms with Gasteiger partial charge in [-0.1, -0.05) is 0 Å². The van der Waals surface area contributed by atoms with Crippen LogP contribution >= 0.6 is 12.4 Å². The van der Waals surface area contributed by atoms with Gasteiger partial charge in [0.05, 0.1) is 13.2 Å². The Morgan fingerprint density at radius 3 is 2.81 bits per heavy atom. The van der Waals surface area contributed by atoms with Gasteiger partial charge in [0.25, 0.3) is 0 Å². The molecule has 0 aromatic heterocycles. The van der Waals surface area contributed by atoms with Gasteiger partial charge in [-0.2, -0.15) is 0 Å². The Balaban J connectivity index is 0.00000225. The van der Waals surface area contributed by atoms with Crippen molar-refractivity contribution in [3.63, 3.8) is 0 Å². The van der Waals surface area contributed by atoms with Crippen molar-refractivity contribution < 1.29 is 9.53 Å². The molecule has 1 heterocycles. The molecule has 0 radical (unpaired) electrons. The van der Waals surface area contributed by atoms with Crippen molar-refractivity contribution in [2.24, 2.45) is 5.73 Å². The maximum Gasteiger partial charge on any atom is 0.236 e. The van der Waals surface area contributed by atoms with Crippen molar-refractivity contribution in [1.82, 2.24) is 10.2 Å². The third-order valence-corrected chi connectivity index (χ3v) is 2.89. The number of nitrogens with two attached hydrogens (primary N) is 1. The van der Waals surface area contributed by atoms with Crippen LogP contribution in [-0.4, -0.2) is 56.2 Å². The molecule has 0 aliphatic carbocycles. The molecule has 0 aromatic carbocycles.